The van der Waals surface area contributed by atoms with E-state index in [-0.39, 0.29) is 15.9 Å². The van der Waals surface area contributed by atoms with Crippen molar-refractivity contribution in [2.24, 2.45) is 4.40 Å². The topological polar surface area (TPSA) is 67.8 Å². The Morgan fingerprint density at radius 3 is 2.38 bits per heavy atom. The van der Waals surface area contributed by atoms with Crippen molar-refractivity contribution in [3.8, 4) is 0 Å². The highest BCUT2D eigenvalue weighted by Crippen LogP contribution is 2.17. The molecule has 0 saturated carbocycles. The normalized spacial score (nSPS) is 11.8. The third-order valence-corrected chi connectivity index (χ3v) is 4.91. The Labute approximate surface area is 154 Å². The van der Waals surface area contributed by atoms with Crippen molar-refractivity contribution in [1.29, 1.82) is 0 Å². The van der Waals surface area contributed by atoms with Crippen molar-refractivity contribution in [2.75, 3.05) is 6.61 Å². The molecule has 0 aliphatic rings. The van der Waals surface area contributed by atoms with Gasteiger partial charge in [0.25, 0.3) is 15.2 Å². The summed E-state index contributed by atoms with van der Waals surface area (Å²) in [5, 5.41) is 2.80. The molecule has 1 N–H and O–H groups in total. The van der Waals surface area contributed by atoms with Crippen LogP contribution >= 0.6 is 28.1 Å². The summed E-state index contributed by atoms with van der Waals surface area (Å²) in [7, 11) is -3.90. The molecule has 0 aliphatic heterocycles. The van der Waals surface area contributed by atoms with Gasteiger partial charge in [-0.15, -0.1) is 4.40 Å². The van der Waals surface area contributed by atoms with Crippen molar-refractivity contribution < 1.29 is 13.2 Å². The molecule has 0 amide bonds. The molecular weight excluding hydrogens is 412 g/mol. The Balaban J connectivity index is 2.43. The monoisotopic (exact) mass is 426 g/mol. The summed E-state index contributed by atoms with van der Waals surface area (Å²) in [6, 6.07) is 15.1. The van der Waals surface area contributed by atoms with Crippen molar-refractivity contribution in [3.63, 3.8) is 0 Å². The first-order valence-electron chi connectivity index (χ1n) is 7.02. The van der Waals surface area contributed by atoms with Crippen LogP contribution in [0.5, 0.6) is 0 Å². The highest BCUT2D eigenvalue weighted by molar-refractivity contribution is 9.10. The molecule has 0 heterocycles. The van der Waals surface area contributed by atoms with Gasteiger partial charge in [-0.2, -0.15) is 8.42 Å². The van der Waals surface area contributed by atoms with Gasteiger partial charge in [0.2, 0.25) is 0 Å². The number of amidine groups is 1. The van der Waals surface area contributed by atoms with Crippen LogP contribution in [0.3, 0.4) is 0 Å². The Kier molecular flexibility index (Phi) is 6.47. The van der Waals surface area contributed by atoms with Crippen LogP contribution in [0.4, 0.5) is 0 Å². The number of sulfonamides is 1. The van der Waals surface area contributed by atoms with E-state index in [9.17, 15) is 8.42 Å². The van der Waals surface area contributed by atoms with Crippen molar-refractivity contribution in [1.82, 2.24) is 5.32 Å². The maximum absolute atomic E-state index is 12.5. The Morgan fingerprint density at radius 2 is 1.79 bits per heavy atom. The molecule has 0 bridgehead atoms. The minimum atomic E-state index is -3.90. The molecule has 2 rings (SSSR count). The molecule has 2 aromatic rings. The maximum Gasteiger partial charge on any atom is 0.284 e. The third-order valence-electron chi connectivity index (χ3n) is 2.87. The van der Waals surface area contributed by atoms with E-state index in [1.54, 1.807) is 43.3 Å². The van der Waals surface area contributed by atoms with E-state index in [1.807, 2.05) is 6.07 Å². The fourth-order valence-electron chi connectivity index (χ4n) is 1.79. The van der Waals surface area contributed by atoms with Gasteiger partial charge < -0.3 is 10.1 Å². The molecule has 0 saturated heterocycles. The standard InChI is InChI=1S/C16H15BrN2O3S2/c1-2-22-16(23)18-15(12-6-4-3-5-7-12)19-24(20,21)14-10-8-13(17)9-11-14/h3-11H,2H2,1H3,(H,18,19,23). The van der Waals surface area contributed by atoms with Gasteiger partial charge in [0, 0.05) is 10.0 Å². The number of hydrogen-bond acceptors (Lipinski definition) is 4. The summed E-state index contributed by atoms with van der Waals surface area (Å²) in [6.07, 6.45) is 0. The third kappa shape index (κ3) is 5.12. The van der Waals surface area contributed by atoms with Gasteiger partial charge in [-0.3, -0.25) is 0 Å². The summed E-state index contributed by atoms with van der Waals surface area (Å²) in [5.74, 6) is 0.108. The van der Waals surface area contributed by atoms with Crippen LogP contribution in [0.15, 0.2) is 68.4 Å². The van der Waals surface area contributed by atoms with Crippen LogP contribution in [-0.4, -0.2) is 26.0 Å². The van der Waals surface area contributed by atoms with Gasteiger partial charge in [0.05, 0.1) is 11.5 Å². The van der Waals surface area contributed by atoms with Gasteiger partial charge in [-0.05, 0) is 43.4 Å². The maximum atomic E-state index is 12.5. The van der Waals surface area contributed by atoms with Crippen LogP contribution < -0.4 is 5.32 Å². The molecule has 0 fully saturated rings. The molecule has 0 spiro atoms. The first kappa shape index (κ1) is 18.6. The van der Waals surface area contributed by atoms with Gasteiger partial charge in [0.1, 0.15) is 0 Å². The highest BCUT2D eigenvalue weighted by atomic mass is 79.9. The van der Waals surface area contributed by atoms with Crippen molar-refractivity contribution in [3.05, 3.63) is 64.6 Å². The molecule has 126 valence electrons. The fourth-order valence-corrected chi connectivity index (χ4v) is 3.24. The molecule has 8 heteroatoms. The lowest BCUT2D eigenvalue weighted by Crippen LogP contribution is -2.32. The lowest BCUT2D eigenvalue weighted by atomic mass is 10.2. The zero-order chi connectivity index (χ0) is 17.6. The van der Waals surface area contributed by atoms with E-state index in [1.165, 1.54) is 12.1 Å². The molecule has 0 atom stereocenters. The number of benzene rings is 2. The highest BCUT2D eigenvalue weighted by Gasteiger charge is 2.16. The van der Waals surface area contributed by atoms with Crippen LogP contribution in [0.2, 0.25) is 0 Å². The van der Waals surface area contributed by atoms with E-state index in [0.717, 1.165) is 4.47 Å². The minimum Gasteiger partial charge on any atom is -0.471 e. The van der Waals surface area contributed by atoms with E-state index < -0.39 is 10.0 Å². The SMILES string of the molecule is CCOC(=S)NC(=NS(=O)(=O)c1ccc(Br)cc1)c1ccccc1. The Hall–Kier alpha value is -1.77. The molecule has 2 aromatic carbocycles. The molecule has 0 unspecified atom stereocenters. The predicted molar refractivity (Wildman–Crippen MR) is 102 cm³/mol. The predicted octanol–water partition coefficient (Wildman–Crippen LogP) is 3.50. The lowest BCUT2D eigenvalue weighted by molar-refractivity contribution is 0.327. The lowest BCUT2D eigenvalue weighted by Gasteiger charge is -2.11. The smallest absolute Gasteiger partial charge is 0.284 e. The fraction of sp³-hybridized carbons (Fsp3) is 0.125. The molecule has 0 radical (unpaired) electrons. The van der Waals surface area contributed by atoms with Crippen molar-refractivity contribution >= 4 is 49.2 Å². The van der Waals surface area contributed by atoms with E-state index >= 15 is 0 Å². The number of nitrogens with zero attached hydrogens (tertiary/aromatic N) is 1. The first-order valence-corrected chi connectivity index (χ1v) is 9.66. The zero-order valence-corrected chi connectivity index (χ0v) is 16.0. The quantitative estimate of drug-likeness (QED) is 0.460. The van der Waals surface area contributed by atoms with E-state index in [4.69, 9.17) is 17.0 Å². The summed E-state index contributed by atoms with van der Waals surface area (Å²) in [5.41, 5.74) is 0.584. The van der Waals surface area contributed by atoms with Gasteiger partial charge >= 0.3 is 0 Å². The number of hydrogen-bond donors (Lipinski definition) is 1. The van der Waals surface area contributed by atoms with Crippen LogP contribution in [0.25, 0.3) is 0 Å². The van der Waals surface area contributed by atoms with Crippen molar-refractivity contribution in [2.45, 2.75) is 11.8 Å². The molecular formula is C16H15BrN2O3S2. The number of ether oxygens (including phenoxy) is 1. The number of nitrogens with one attached hydrogen (secondary N) is 1. The van der Waals surface area contributed by atoms with Gasteiger partial charge in [-0.1, -0.05) is 46.3 Å². The number of thiocarbonyl (C=S) groups is 1. The van der Waals surface area contributed by atoms with Crippen LogP contribution in [0, 0.1) is 0 Å². The van der Waals surface area contributed by atoms with E-state index in [0.29, 0.717) is 12.2 Å². The van der Waals surface area contributed by atoms with Crippen LogP contribution in [0.1, 0.15) is 12.5 Å². The average Bonchev–Trinajstić information content (AvgIpc) is 2.55. The summed E-state index contributed by atoms with van der Waals surface area (Å²) >= 11 is 8.31. The molecule has 0 aliphatic carbocycles. The molecule has 5 nitrogen and oxygen atoms in total. The van der Waals surface area contributed by atoms with Crippen LogP contribution in [-0.2, 0) is 14.8 Å². The Bertz CT molecular complexity index is 835. The number of rotatable bonds is 4. The summed E-state index contributed by atoms with van der Waals surface area (Å²) in [4.78, 5) is 0.0864. The molecule has 24 heavy (non-hydrogen) atoms. The zero-order valence-electron chi connectivity index (χ0n) is 12.8. The second kappa shape index (κ2) is 8.36. The van der Waals surface area contributed by atoms with Gasteiger partial charge in [0.15, 0.2) is 5.84 Å². The minimum absolute atomic E-state index is 0.0612. The Morgan fingerprint density at radius 1 is 1.17 bits per heavy atom. The first-order chi connectivity index (χ1) is 11.4. The summed E-state index contributed by atoms with van der Waals surface area (Å²) in [6.45, 7) is 2.15. The second-order valence-corrected chi connectivity index (χ2v) is 7.47. The summed E-state index contributed by atoms with van der Waals surface area (Å²) < 4.78 is 34.9. The van der Waals surface area contributed by atoms with E-state index in [2.05, 4.69) is 25.6 Å². The van der Waals surface area contributed by atoms with Gasteiger partial charge in [-0.25, -0.2) is 0 Å². The largest absolute Gasteiger partial charge is 0.471 e. The second-order valence-electron chi connectivity index (χ2n) is 4.58. The average molecular weight is 427 g/mol. The number of halogens is 1. The molecule has 0 aromatic heterocycles.